The summed E-state index contributed by atoms with van der Waals surface area (Å²) in [6.45, 7) is 0. The van der Waals surface area contributed by atoms with Gasteiger partial charge < -0.3 is 14.6 Å². The first-order chi connectivity index (χ1) is 7.20. The zero-order valence-electron chi connectivity index (χ0n) is 8.40. The number of fused-ring (bicyclic) bond motifs is 1. The maximum Gasteiger partial charge on any atom is 0.344 e. The molecule has 4 heteroatoms. The number of hydrogen-bond donors (Lipinski definition) is 1. The first-order valence-corrected chi connectivity index (χ1v) is 4.77. The van der Waals surface area contributed by atoms with Crippen molar-refractivity contribution in [3.05, 3.63) is 23.8 Å². The van der Waals surface area contributed by atoms with Gasteiger partial charge in [-0.25, -0.2) is 4.79 Å². The van der Waals surface area contributed by atoms with E-state index in [1.54, 1.807) is 13.2 Å². The molecule has 0 unspecified atom stereocenters. The summed E-state index contributed by atoms with van der Waals surface area (Å²) in [6.07, 6.45) is 0.523. The van der Waals surface area contributed by atoms with Crippen molar-refractivity contribution >= 4 is 5.97 Å². The lowest BCUT2D eigenvalue weighted by atomic mass is 10.0. The second-order valence-corrected chi connectivity index (χ2v) is 3.46. The number of rotatable bonds is 2. The molecular formula is C11H12O4. The largest absolute Gasteiger partial charge is 0.497 e. The molecule has 1 aliphatic heterocycles. The Hall–Kier alpha value is -1.71. The van der Waals surface area contributed by atoms with Crippen LogP contribution >= 0.6 is 0 Å². The molecule has 0 aromatic heterocycles. The van der Waals surface area contributed by atoms with E-state index in [-0.39, 0.29) is 0 Å². The van der Waals surface area contributed by atoms with Crippen LogP contribution in [0.3, 0.4) is 0 Å². The van der Waals surface area contributed by atoms with Gasteiger partial charge in [-0.15, -0.1) is 0 Å². The van der Waals surface area contributed by atoms with E-state index in [1.807, 2.05) is 12.1 Å². The maximum atomic E-state index is 10.8. The van der Waals surface area contributed by atoms with Gasteiger partial charge in [0.1, 0.15) is 11.5 Å². The number of carboxylic acid groups (broad SMARTS) is 1. The summed E-state index contributed by atoms with van der Waals surface area (Å²) in [7, 11) is 1.57. The molecule has 2 rings (SSSR count). The quantitative estimate of drug-likeness (QED) is 0.799. The van der Waals surface area contributed by atoms with E-state index in [2.05, 4.69) is 0 Å². The average molecular weight is 208 g/mol. The SMILES string of the molecule is COc1ccc2c(c1)O[C@H](C(=O)O)CC2. The van der Waals surface area contributed by atoms with Gasteiger partial charge in [-0.05, 0) is 24.5 Å². The molecular weight excluding hydrogens is 196 g/mol. The lowest BCUT2D eigenvalue weighted by molar-refractivity contribution is -0.145. The number of aryl methyl sites for hydroxylation is 1. The fraction of sp³-hybridized carbons (Fsp3) is 0.364. The summed E-state index contributed by atoms with van der Waals surface area (Å²) in [5, 5.41) is 8.83. The van der Waals surface area contributed by atoms with E-state index in [0.29, 0.717) is 17.9 Å². The predicted molar refractivity (Wildman–Crippen MR) is 53.4 cm³/mol. The maximum absolute atomic E-state index is 10.8. The lowest BCUT2D eigenvalue weighted by Crippen LogP contribution is -2.30. The summed E-state index contributed by atoms with van der Waals surface area (Å²) in [5.41, 5.74) is 1.04. The average Bonchev–Trinajstić information content (AvgIpc) is 2.27. The van der Waals surface area contributed by atoms with Crippen LogP contribution in [0.25, 0.3) is 0 Å². The molecule has 1 N–H and O–H groups in total. The molecule has 0 saturated heterocycles. The second kappa shape index (κ2) is 3.81. The standard InChI is InChI=1S/C11H12O4/c1-14-8-4-2-7-3-5-9(11(12)13)15-10(7)6-8/h2,4,6,9H,3,5H2,1H3,(H,12,13)/t9-/m0/s1. The number of ether oxygens (including phenoxy) is 2. The first kappa shape index (κ1) is 9.83. The fourth-order valence-electron chi connectivity index (χ4n) is 1.65. The highest BCUT2D eigenvalue weighted by atomic mass is 16.5. The van der Waals surface area contributed by atoms with Crippen LogP contribution in [-0.2, 0) is 11.2 Å². The molecule has 0 radical (unpaired) electrons. The minimum Gasteiger partial charge on any atom is -0.497 e. The smallest absolute Gasteiger partial charge is 0.344 e. The molecule has 1 aromatic carbocycles. The van der Waals surface area contributed by atoms with Crippen molar-refractivity contribution in [2.45, 2.75) is 18.9 Å². The van der Waals surface area contributed by atoms with Crippen molar-refractivity contribution in [1.29, 1.82) is 0 Å². The van der Waals surface area contributed by atoms with Crippen LogP contribution in [0.2, 0.25) is 0 Å². The molecule has 0 spiro atoms. The van der Waals surface area contributed by atoms with Crippen LogP contribution in [0.15, 0.2) is 18.2 Å². The number of aliphatic carboxylic acids is 1. The van der Waals surface area contributed by atoms with E-state index in [9.17, 15) is 4.79 Å². The number of hydrogen-bond acceptors (Lipinski definition) is 3. The molecule has 0 fully saturated rings. The minimum absolute atomic E-state index is 0.522. The van der Waals surface area contributed by atoms with Gasteiger partial charge in [0, 0.05) is 6.07 Å². The highest BCUT2D eigenvalue weighted by molar-refractivity contribution is 5.73. The van der Waals surface area contributed by atoms with E-state index in [0.717, 1.165) is 12.0 Å². The van der Waals surface area contributed by atoms with Gasteiger partial charge >= 0.3 is 5.97 Å². The van der Waals surface area contributed by atoms with Crippen molar-refractivity contribution in [3.63, 3.8) is 0 Å². The van der Waals surface area contributed by atoms with Gasteiger partial charge in [0.05, 0.1) is 7.11 Å². The van der Waals surface area contributed by atoms with Gasteiger partial charge in [-0.3, -0.25) is 0 Å². The lowest BCUT2D eigenvalue weighted by Gasteiger charge is -2.23. The number of methoxy groups -OCH3 is 1. The summed E-state index contributed by atoms with van der Waals surface area (Å²) < 4.78 is 10.4. The van der Waals surface area contributed by atoms with E-state index in [4.69, 9.17) is 14.6 Å². The van der Waals surface area contributed by atoms with Crippen molar-refractivity contribution in [1.82, 2.24) is 0 Å². The first-order valence-electron chi connectivity index (χ1n) is 4.77. The summed E-state index contributed by atoms with van der Waals surface area (Å²) in [4.78, 5) is 10.8. The molecule has 0 aliphatic carbocycles. The van der Waals surface area contributed by atoms with Gasteiger partial charge in [-0.1, -0.05) is 6.07 Å². The Morgan fingerprint density at radius 1 is 1.60 bits per heavy atom. The van der Waals surface area contributed by atoms with Crippen LogP contribution in [-0.4, -0.2) is 24.3 Å². The van der Waals surface area contributed by atoms with E-state index < -0.39 is 12.1 Å². The van der Waals surface area contributed by atoms with Crippen LogP contribution < -0.4 is 9.47 Å². The van der Waals surface area contributed by atoms with Crippen molar-refractivity contribution in [2.24, 2.45) is 0 Å². The molecule has 4 nitrogen and oxygen atoms in total. The third-order valence-corrected chi connectivity index (χ3v) is 2.49. The Balaban J connectivity index is 2.27. The van der Waals surface area contributed by atoms with Crippen molar-refractivity contribution in [3.8, 4) is 11.5 Å². The normalized spacial score (nSPS) is 18.9. The predicted octanol–water partition coefficient (Wildman–Crippen LogP) is 1.47. The monoisotopic (exact) mass is 208 g/mol. The number of carboxylic acids is 1. The van der Waals surface area contributed by atoms with Crippen LogP contribution in [0.4, 0.5) is 0 Å². The fourth-order valence-corrected chi connectivity index (χ4v) is 1.65. The molecule has 1 atom stereocenters. The number of carbonyl (C=O) groups is 1. The van der Waals surface area contributed by atoms with Gasteiger partial charge in [-0.2, -0.15) is 0 Å². The molecule has 1 aliphatic rings. The summed E-state index contributed by atoms with van der Waals surface area (Å²) in [6, 6.07) is 5.49. The zero-order valence-corrected chi connectivity index (χ0v) is 8.40. The molecule has 1 heterocycles. The van der Waals surface area contributed by atoms with Crippen molar-refractivity contribution in [2.75, 3.05) is 7.11 Å². The van der Waals surface area contributed by atoms with E-state index in [1.165, 1.54) is 0 Å². The van der Waals surface area contributed by atoms with Crippen LogP contribution in [0.5, 0.6) is 11.5 Å². The Morgan fingerprint density at radius 2 is 2.40 bits per heavy atom. The molecule has 15 heavy (non-hydrogen) atoms. The summed E-state index contributed by atoms with van der Waals surface area (Å²) in [5.74, 6) is 0.385. The topological polar surface area (TPSA) is 55.8 Å². The Labute approximate surface area is 87.4 Å². The molecule has 0 amide bonds. The summed E-state index contributed by atoms with van der Waals surface area (Å²) >= 11 is 0. The Bertz CT molecular complexity index is 386. The van der Waals surface area contributed by atoms with Crippen LogP contribution in [0.1, 0.15) is 12.0 Å². The van der Waals surface area contributed by atoms with Gasteiger partial charge in [0.25, 0.3) is 0 Å². The Morgan fingerprint density at radius 3 is 3.07 bits per heavy atom. The molecule has 1 aromatic rings. The Kier molecular flexibility index (Phi) is 2.49. The molecule has 0 bridgehead atoms. The third-order valence-electron chi connectivity index (χ3n) is 2.49. The molecule has 0 saturated carbocycles. The van der Waals surface area contributed by atoms with Crippen molar-refractivity contribution < 1.29 is 19.4 Å². The second-order valence-electron chi connectivity index (χ2n) is 3.46. The van der Waals surface area contributed by atoms with Crippen LogP contribution in [0, 0.1) is 0 Å². The van der Waals surface area contributed by atoms with E-state index >= 15 is 0 Å². The third kappa shape index (κ3) is 1.88. The van der Waals surface area contributed by atoms with Gasteiger partial charge in [0.15, 0.2) is 6.10 Å². The highest BCUT2D eigenvalue weighted by Crippen LogP contribution is 2.31. The van der Waals surface area contributed by atoms with Gasteiger partial charge in [0.2, 0.25) is 0 Å². The zero-order chi connectivity index (χ0) is 10.8. The highest BCUT2D eigenvalue weighted by Gasteiger charge is 2.25. The molecule has 80 valence electrons. The minimum atomic E-state index is -0.913. The number of benzene rings is 1.